The summed E-state index contributed by atoms with van der Waals surface area (Å²) in [5.41, 5.74) is 2.82. The summed E-state index contributed by atoms with van der Waals surface area (Å²) >= 11 is 1.44. The number of amides is 1. The predicted molar refractivity (Wildman–Crippen MR) is 179 cm³/mol. The number of allylic oxidation sites excluding steroid dienone is 1. The van der Waals surface area contributed by atoms with Gasteiger partial charge in [-0.05, 0) is 79.7 Å². The number of halogens is 1. The van der Waals surface area contributed by atoms with Gasteiger partial charge in [-0.25, -0.2) is 18.2 Å². The number of carbonyl (C=O) groups excluding carboxylic acids is 2. The first-order valence-electron chi connectivity index (χ1n) is 15.9. The summed E-state index contributed by atoms with van der Waals surface area (Å²) in [5, 5.41) is 4.01. The molecular formula is C34H43FN4O5S2. The molecule has 1 unspecified atom stereocenters. The number of aromatic nitrogens is 1. The fourth-order valence-corrected chi connectivity index (χ4v) is 8.70. The van der Waals surface area contributed by atoms with Crippen molar-refractivity contribution in [2.45, 2.75) is 70.2 Å². The van der Waals surface area contributed by atoms with Crippen molar-refractivity contribution in [1.82, 2.24) is 14.6 Å². The maximum absolute atomic E-state index is 14.3. The van der Waals surface area contributed by atoms with E-state index in [-0.39, 0.29) is 41.8 Å². The Balaban J connectivity index is 1.47. The topological polar surface area (TPSA) is 118 Å². The molecule has 0 radical (unpaired) electrons. The molecule has 0 saturated carbocycles. The molecule has 2 aliphatic heterocycles. The van der Waals surface area contributed by atoms with E-state index in [4.69, 9.17) is 9.72 Å². The molecule has 2 aliphatic rings. The van der Waals surface area contributed by atoms with Gasteiger partial charge in [0.05, 0.1) is 34.2 Å². The SMILES string of the molecule is CCOC(=O)/C=C/Cc1cc2c(c(S(=O)(=O)NC(Cc3nc4ccccc4s3)C(=O)N3CCC(CCF)CC3)c1)NCC(C)(C)C2. The number of rotatable bonds is 12. The van der Waals surface area contributed by atoms with Gasteiger partial charge in [0.2, 0.25) is 15.9 Å². The average Bonchev–Trinajstić information content (AvgIpc) is 3.42. The summed E-state index contributed by atoms with van der Waals surface area (Å²) in [6.45, 7) is 7.35. The largest absolute Gasteiger partial charge is 0.463 e. The average molecular weight is 671 g/mol. The van der Waals surface area contributed by atoms with Crippen LogP contribution in [0.5, 0.6) is 0 Å². The molecule has 0 aliphatic carbocycles. The fraction of sp³-hybridized carbons (Fsp3) is 0.500. The molecule has 1 aromatic heterocycles. The van der Waals surface area contributed by atoms with E-state index in [0.717, 1.165) is 21.3 Å². The second-order valence-electron chi connectivity index (χ2n) is 12.9. The maximum Gasteiger partial charge on any atom is 0.330 e. The molecule has 1 saturated heterocycles. The van der Waals surface area contributed by atoms with E-state index in [0.29, 0.717) is 62.4 Å². The van der Waals surface area contributed by atoms with Crippen molar-refractivity contribution in [2.24, 2.45) is 11.3 Å². The zero-order chi connectivity index (χ0) is 32.9. The van der Waals surface area contributed by atoms with E-state index in [1.807, 2.05) is 30.3 Å². The first kappa shape index (κ1) is 34.0. The monoisotopic (exact) mass is 670 g/mol. The number of nitrogens with zero attached hydrogens (tertiary/aromatic N) is 2. The number of likely N-dealkylation sites (tertiary alicyclic amines) is 1. The molecule has 3 heterocycles. The van der Waals surface area contributed by atoms with Crippen molar-refractivity contribution in [2.75, 3.05) is 38.2 Å². The van der Waals surface area contributed by atoms with Crippen LogP contribution < -0.4 is 10.0 Å². The Morgan fingerprint density at radius 3 is 2.72 bits per heavy atom. The number of para-hydroxylation sites is 1. The smallest absolute Gasteiger partial charge is 0.330 e. The quantitative estimate of drug-likeness (QED) is 0.195. The van der Waals surface area contributed by atoms with Crippen LogP contribution in [-0.2, 0) is 43.6 Å². The molecule has 5 rings (SSSR count). The van der Waals surface area contributed by atoms with Crippen molar-refractivity contribution >= 4 is 49.1 Å². The van der Waals surface area contributed by atoms with E-state index < -0.39 is 22.0 Å². The molecule has 46 heavy (non-hydrogen) atoms. The Labute approximate surface area is 274 Å². The van der Waals surface area contributed by atoms with Gasteiger partial charge < -0.3 is 15.0 Å². The van der Waals surface area contributed by atoms with Crippen molar-refractivity contribution in [1.29, 1.82) is 0 Å². The van der Waals surface area contributed by atoms with Gasteiger partial charge in [-0.3, -0.25) is 9.18 Å². The number of nitrogens with one attached hydrogen (secondary N) is 2. The minimum Gasteiger partial charge on any atom is -0.463 e. The van der Waals surface area contributed by atoms with Crippen LogP contribution in [0.25, 0.3) is 10.2 Å². The highest BCUT2D eigenvalue weighted by Crippen LogP contribution is 2.38. The number of piperidine rings is 1. The van der Waals surface area contributed by atoms with Crippen LogP contribution in [0, 0.1) is 11.3 Å². The summed E-state index contributed by atoms with van der Waals surface area (Å²) in [7, 11) is -4.21. The lowest BCUT2D eigenvalue weighted by Crippen LogP contribution is -2.51. The molecule has 1 fully saturated rings. The maximum atomic E-state index is 14.3. The Kier molecular flexibility index (Phi) is 10.8. The first-order valence-corrected chi connectivity index (χ1v) is 18.2. The number of thiazole rings is 1. The van der Waals surface area contributed by atoms with E-state index in [1.165, 1.54) is 17.4 Å². The molecule has 1 amide bonds. The number of fused-ring (bicyclic) bond motifs is 2. The predicted octanol–water partition coefficient (Wildman–Crippen LogP) is 5.44. The highest BCUT2D eigenvalue weighted by atomic mass is 32.2. The Bertz CT molecular complexity index is 1660. The van der Waals surface area contributed by atoms with Gasteiger partial charge in [0, 0.05) is 32.1 Å². The molecule has 0 spiro atoms. The van der Waals surface area contributed by atoms with E-state index in [1.54, 1.807) is 24.0 Å². The Hall–Kier alpha value is -3.35. The normalized spacial score (nSPS) is 17.5. The second-order valence-corrected chi connectivity index (χ2v) is 15.7. The summed E-state index contributed by atoms with van der Waals surface area (Å²) in [4.78, 5) is 32.4. The number of alkyl halides is 1. The van der Waals surface area contributed by atoms with E-state index in [2.05, 4.69) is 23.9 Å². The number of ether oxygens (including phenoxy) is 1. The van der Waals surface area contributed by atoms with Gasteiger partial charge in [0.25, 0.3) is 0 Å². The lowest BCUT2D eigenvalue weighted by atomic mass is 9.81. The third kappa shape index (κ3) is 8.32. The molecule has 1 atom stereocenters. The Morgan fingerprint density at radius 1 is 1.24 bits per heavy atom. The summed E-state index contributed by atoms with van der Waals surface area (Å²) in [6.07, 6.45) is 5.95. The van der Waals surface area contributed by atoms with Gasteiger partial charge in [-0.2, -0.15) is 4.72 Å². The highest BCUT2D eigenvalue weighted by Gasteiger charge is 2.35. The number of hydrogen-bond acceptors (Lipinski definition) is 8. The molecular weight excluding hydrogens is 628 g/mol. The number of sulfonamides is 1. The van der Waals surface area contributed by atoms with Gasteiger partial charge >= 0.3 is 5.97 Å². The van der Waals surface area contributed by atoms with Crippen LogP contribution in [0.4, 0.5) is 10.1 Å². The zero-order valence-corrected chi connectivity index (χ0v) is 28.3. The minimum atomic E-state index is -4.21. The first-order chi connectivity index (χ1) is 22.0. The van der Waals surface area contributed by atoms with Crippen LogP contribution in [-0.4, -0.2) is 69.1 Å². The third-order valence-corrected chi connectivity index (χ3v) is 11.2. The van der Waals surface area contributed by atoms with Crippen LogP contribution >= 0.6 is 11.3 Å². The second kappa shape index (κ2) is 14.6. The van der Waals surface area contributed by atoms with Crippen LogP contribution in [0.2, 0.25) is 0 Å². The molecule has 0 bridgehead atoms. The van der Waals surface area contributed by atoms with Crippen LogP contribution in [0.3, 0.4) is 0 Å². The molecule has 248 valence electrons. The standard InChI is InChI=1S/C34H43FN4O5S2/c1-4-44-31(40)11-7-8-24-18-25-21-34(2,3)22-36-32(25)29(19-24)46(42,43)38-27(20-30-37-26-9-5-6-10-28(26)45-30)33(41)39-16-13-23(12-15-35)14-17-39/h5-7,9-11,18-19,23,27,36,38H,4,8,12-17,20-22H2,1-3H3/b11-7+. The number of esters is 1. The summed E-state index contributed by atoms with van der Waals surface area (Å²) in [5.74, 6) is -0.545. The minimum absolute atomic E-state index is 0.0730. The van der Waals surface area contributed by atoms with Crippen LogP contribution in [0.15, 0.2) is 53.4 Å². The fourth-order valence-electron chi connectivity index (χ4n) is 6.22. The van der Waals surface area contributed by atoms with Crippen LogP contribution in [0.1, 0.15) is 56.2 Å². The summed E-state index contributed by atoms with van der Waals surface area (Å²) < 4.78 is 50.3. The lowest BCUT2D eigenvalue weighted by Gasteiger charge is -2.35. The third-order valence-electron chi connectivity index (χ3n) is 8.60. The molecule has 2 aromatic carbocycles. The van der Waals surface area contributed by atoms with Gasteiger partial charge in [-0.1, -0.05) is 38.1 Å². The van der Waals surface area contributed by atoms with Crippen molar-refractivity contribution < 1.29 is 27.1 Å². The number of hydrogen-bond donors (Lipinski definition) is 2. The van der Waals surface area contributed by atoms with Gasteiger partial charge in [0.15, 0.2) is 0 Å². The van der Waals surface area contributed by atoms with Crippen molar-refractivity contribution in [3.05, 3.63) is 64.7 Å². The zero-order valence-electron chi connectivity index (χ0n) is 26.7. The number of benzene rings is 2. The van der Waals surface area contributed by atoms with Crippen molar-refractivity contribution in [3.63, 3.8) is 0 Å². The van der Waals surface area contributed by atoms with Gasteiger partial charge in [0.1, 0.15) is 10.9 Å². The number of anilines is 1. The lowest BCUT2D eigenvalue weighted by molar-refractivity contribution is -0.137. The molecule has 2 N–H and O–H groups in total. The Morgan fingerprint density at radius 2 is 2.00 bits per heavy atom. The van der Waals surface area contributed by atoms with E-state index in [9.17, 15) is 22.4 Å². The van der Waals surface area contributed by atoms with E-state index >= 15 is 0 Å². The van der Waals surface area contributed by atoms with Crippen molar-refractivity contribution in [3.8, 4) is 0 Å². The molecule has 9 nitrogen and oxygen atoms in total. The molecule has 3 aromatic rings. The highest BCUT2D eigenvalue weighted by molar-refractivity contribution is 7.89. The molecule has 12 heteroatoms. The number of carbonyl (C=O) groups is 2. The van der Waals surface area contributed by atoms with Gasteiger partial charge in [-0.15, -0.1) is 11.3 Å². The summed E-state index contributed by atoms with van der Waals surface area (Å²) in [6, 6.07) is 10.2.